The second kappa shape index (κ2) is 14.0. The van der Waals surface area contributed by atoms with E-state index in [1.54, 1.807) is 43.3 Å². The van der Waals surface area contributed by atoms with Crippen molar-refractivity contribution >= 4 is 11.8 Å². The third-order valence-corrected chi connectivity index (χ3v) is 6.77. The third-order valence-electron chi connectivity index (χ3n) is 6.77. The van der Waals surface area contributed by atoms with E-state index >= 15 is 0 Å². The molecule has 0 saturated heterocycles. The van der Waals surface area contributed by atoms with Crippen LogP contribution in [0.1, 0.15) is 53.2 Å². The van der Waals surface area contributed by atoms with Crippen LogP contribution in [0.15, 0.2) is 89.0 Å². The molecule has 44 heavy (non-hydrogen) atoms. The summed E-state index contributed by atoms with van der Waals surface area (Å²) in [5.41, 5.74) is 1.46. The van der Waals surface area contributed by atoms with E-state index in [2.05, 4.69) is 10.3 Å². The van der Waals surface area contributed by atoms with E-state index in [9.17, 15) is 32.3 Å². The van der Waals surface area contributed by atoms with Gasteiger partial charge in [-0.15, -0.1) is 0 Å². The molecule has 3 aromatic carbocycles. The van der Waals surface area contributed by atoms with Gasteiger partial charge in [0.05, 0.1) is 5.56 Å². The van der Waals surface area contributed by atoms with E-state index in [1.165, 1.54) is 18.2 Å². The maximum absolute atomic E-state index is 13.3. The summed E-state index contributed by atoms with van der Waals surface area (Å²) in [6.45, 7) is 3.78. The van der Waals surface area contributed by atoms with Crippen molar-refractivity contribution in [3.8, 4) is 17.2 Å². The van der Waals surface area contributed by atoms with Crippen LogP contribution < -0.4 is 10.1 Å². The molecular weight excluding hydrogens is 580 g/mol. The number of carbonyl (C=O) groups is 2. The van der Waals surface area contributed by atoms with E-state index in [-0.39, 0.29) is 24.4 Å². The Bertz CT molecular complexity index is 1610. The monoisotopic (exact) mass is 610 g/mol. The number of carboxylic acids is 1. The molecule has 7 nitrogen and oxygen atoms in total. The summed E-state index contributed by atoms with van der Waals surface area (Å²) in [6.07, 6.45) is -2.34. The maximum Gasteiger partial charge on any atom is 0.416 e. The van der Waals surface area contributed by atoms with Crippen molar-refractivity contribution in [2.75, 3.05) is 0 Å². The first-order valence-electron chi connectivity index (χ1n) is 13.8. The smallest absolute Gasteiger partial charge is 0.416 e. The number of benzene rings is 3. The molecule has 0 aliphatic heterocycles. The quantitative estimate of drug-likeness (QED) is 0.0924. The number of carbonyl (C=O) groups excluding carboxylic acids is 1. The Morgan fingerprint density at radius 3 is 2.23 bits per heavy atom. The number of nitrogens with one attached hydrogen (secondary N) is 1. The maximum atomic E-state index is 13.3. The summed E-state index contributed by atoms with van der Waals surface area (Å²) in [7, 11) is 0. The van der Waals surface area contributed by atoms with Crippen LogP contribution in [0.25, 0.3) is 11.5 Å². The van der Waals surface area contributed by atoms with Gasteiger partial charge in [-0.25, -0.2) is 14.2 Å². The lowest BCUT2D eigenvalue weighted by Crippen LogP contribution is -2.38. The first kappa shape index (κ1) is 32.0. The van der Waals surface area contributed by atoms with Gasteiger partial charge in [-0.05, 0) is 60.5 Å². The van der Waals surface area contributed by atoms with Crippen molar-refractivity contribution in [3.05, 3.63) is 119 Å². The lowest BCUT2D eigenvalue weighted by Gasteiger charge is -2.18. The summed E-state index contributed by atoms with van der Waals surface area (Å²) in [6, 6.07) is 15.4. The number of ketones is 1. The molecule has 230 valence electrons. The Hall–Kier alpha value is -4.93. The van der Waals surface area contributed by atoms with Crippen LogP contribution in [0.5, 0.6) is 5.75 Å². The van der Waals surface area contributed by atoms with Crippen molar-refractivity contribution in [1.29, 1.82) is 0 Å². The van der Waals surface area contributed by atoms with E-state index in [0.717, 1.165) is 24.3 Å². The average Bonchev–Trinajstić information content (AvgIpc) is 3.43. The highest BCUT2D eigenvalue weighted by atomic mass is 19.4. The molecule has 11 heteroatoms. The number of hydrogen-bond acceptors (Lipinski definition) is 6. The van der Waals surface area contributed by atoms with Crippen LogP contribution in [0.4, 0.5) is 17.6 Å². The lowest BCUT2D eigenvalue weighted by molar-refractivity contribution is -0.139. The number of aromatic nitrogens is 1. The number of aliphatic carboxylic acids is 1. The van der Waals surface area contributed by atoms with Crippen LogP contribution in [-0.2, 0) is 30.4 Å². The van der Waals surface area contributed by atoms with Gasteiger partial charge in [-0.1, -0.05) is 38.1 Å². The highest BCUT2D eigenvalue weighted by molar-refractivity contribution is 6.04. The van der Waals surface area contributed by atoms with Crippen LogP contribution >= 0.6 is 0 Å². The number of carboxylic acid groups (broad SMARTS) is 1. The third kappa shape index (κ3) is 8.33. The van der Waals surface area contributed by atoms with Crippen LogP contribution in [0, 0.1) is 5.82 Å². The summed E-state index contributed by atoms with van der Waals surface area (Å²) >= 11 is 0. The molecule has 0 amide bonds. The van der Waals surface area contributed by atoms with Gasteiger partial charge in [0, 0.05) is 35.7 Å². The Morgan fingerprint density at radius 1 is 1.00 bits per heavy atom. The number of halogens is 4. The molecular formula is C33H30F4N2O5. The summed E-state index contributed by atoms with van der Waals surface area (Å²) in [4.78, 5) is 29.1. The molecule has 0 aliphatic carbocycles. The number of alkyl halides is 3. The van der Waals surface area contributed by atoms with Crippen molar-refractivity contribution < 1.29 is 41.4 Å². The standard InChI is InChI=1S/C33H30F4N2O5/c1-3-25(18-29(40)21-7-11-23(12-8-21)33(35,36)37)38-27(32(41)42)17-20-5-15-26(16-6-20)43-19-28-30(4-2)44-31(39-28)22-9-13-24(34)14-10-22/h5-16,18,27,38H,3-4,17,19H2,1-2H3,(H,41,42)/b25-18+/t27-/m0/s1. The van der Waals surface area contributed by atoms with Crippen molar-refractivity contribution in [3.63, 3.8) is 0 Å². The van der Waals surface area contributed by atoms with Gasteiger partial charge in [0.1, 0.15) is 35.7 Å². The zero-order valence-electron chi connectivity index (χ0n) is 24.0. The number of ether oxygens (including phenoxy) is 1. The number of aryl methyl sites for hydroxylation is 1. The summed E-state index contributed by atoms with van der Waals surface area (Å²) in [5.74, 6) is -0.503. The molecule has 4 aromatic rings. The molecule has 0 unspecified atom stereocenters. The number of nitrogens with zero attached hydrogens (tertiary/aromatic N) is 1. The molecule has 0 saturated carbocycles. The Labute approximate surface area is 251 Å². The molecule has 4 rings (SSSR count). The zero-order valence-corrected chi connectivity index (χ0v) is 24.0. The van der Waals surface area contributed by atoms with Gasteiger partial charge in [0.2, 0.25) is 5.89 Å². The van der Waals surface area contributed by atoms with E-state index in [0.29, 0.717) is 52.8 Å². The molecule has 1 heterocycles. The molecule has 0 spiro atoms. The molecule has 0 aliphatic rings. The van der Waals surface area contributed by atoms with E-state index in [4.69, 9.17) is 9.15 Å². The normalized spacial score (nSPS) is 12.5. The molecule has 1 aromatic heterocycles. The predicted molar refractivity (Wildman–Crippen MR) is 154 cm³/mol. The van der Waals surface area contributed by atoms with Crippen molar-refractivity contribution in [1.82, 2.24) is 10.3 Å². The van der Waals surface area contributed by atoms with Gasteiger partial charge in [-0.3, -0.25) is 4.79 Å². The van der Waals surface area contributed by atoms with E-state index in [1.807, 2.05) is 6.92 Å². The largest absolute Gasteiger partial charge is 0.487 e. The second-order valence-corrected chi connectivity index (χ2v) is 9.88. The highest BCUT2D eigenvalue weighted by Crippen LogP contribution is 2.29. The Morgan fingerprint density at radius 2 is 1.66 bits per heavy atom. The second-order valence-electron chi connectivity index (χ2n) is 9.88. The van der Waals surface area contributed by atoms with Gasteiger partial charge in [-0.2, -0.15) is 13.2 Å². The SMILES string of the molecule is CC/C(=C\C(=O)c1ccc(C(F)(F)F)cc1)N[C@@H](Cc1ccc(OCc2nc(-c3ccc(F)cc3)oc2CC)cc1)C(=O)O. The Balaban J connectivity index is 1.38. The minimum absolute atomic E-state index is 0.0524. The van der Waals surface area contributed by atoms with Gasteiger partial charge in [0.25, 0.3) is 0 Å². The fourth-order valence-corrected chi connectivity index (χ4v) is 4.33. The summed E-state index contributed by atoms with van der Waals surface area (Å²) < 4.78 is 63.4. The minimum atomic E-state index is -4.52. The molecule has 1 atom stereocenters. The zero-order chi connectivity index (χ0) is 31.9. The van der Waals surface area contributed by atoms with Crippen LogP contribution in [-0.4, -0.2) is 27.9 Å². The lowest BCUT2D eigenvalue weighted by atomic mass is 10.0. The number of allylic oxidation sites excluding steroid dienone is 2. The number of oxazole rings is 1. The minimum Gasteiger partial charge on any atom is -0.487 e. The Kier molecular flexibility index (Phi) is 10.2. The fraction of sp³-hybridized carbons (Fsp3) is 0.242. The first-order valence-corrected chi connectivity index (χ1v) is 13.8. The molecule has 0 bridgehead atoms. The molecule has 2 N–H and O–H groups in total. The van der Waals surface area contributed by atoms with Gasteiger partial charge >= 0.3 is 12.1 Å². The predicted octanol–water partition coefficient (Wildman–Crippen LogP) is 7.40. The number of hydrogen-bond donors (Lipinski definition) is 2. The van der Waals surface area contributed by atoms with Crippen LogP contribution in [0.3, 0.4) is 0 Å². The van der Waals surface area contributed by atoms with E-state index < -0.39 is 29.5 Å². The topological polar surface area (TPSA) is 102 Å². The average molecular weight is 611 g/mol. The fourth-order valence-electron chi connectivity index (χ4n) is 4.33. The molecule has 0 fully saturated rings. The van der Waals surface area contributed by atoms with Gasteiger partial charge in [0.15, 0.2) is 5.78 Å². The summed E-state index contributed by atoms with van der Waals surface area (Å²) in [5, 5.41) is 12.7. The van der Waals surface area contributed by atoms with Gasteiger partial charge < -0.3 is 19.6 Å². The highest BCUT2D eigenvalue weighted by Gasteiger charge is 2.30. The van der Waals surface area contributed by atoms with Crippen LogP contribution in [0.2, 0.25) is 0 Å². The number of rotatable bonds is 13. The van der Waals surface area contributed by atoms with Crippen molar-refractivity contribution in [2.45, 2.75) is 51.9 Å². The molecule has 0 radical (unpaired) electrons. The van der Waals surface area contributed by atoms with Crippen molar-refractivity contribution in [2.24, 2.45) is 0 Å². The first-order chi connectivity index (χ1) is 21.0.